The van der Waals surface area contributed by atoms with Crippen molar-refractivity contribution in [1.29, 1.82) is 0 Å². The molecule has 1 N–H and O–H groups in total. The number of hydrogen-bond acceptors (Lipinski definition) is 4. The van der Waals surface area contributed by atoms with E-state index >= 15 is 0 Å². The largest absolute Gasteiger partial charge is 0.381 e. The van der Waals surface area contributed by atoms with Crippen LogP contribution in [0, 0.1) is 12.7 Å². The summed E-state index contributed by atoms with van der Waals surface area (Å²) in [4.78, 5) is 12.5. The Morgan fingerprint density at radius 2 is 2.12 bits per heavy atom. The van der Waals surface area contributed by atoms with E-state index in [1.165, 1.54) is 12.1 Å². The highest BCUT2D eigenvalue weighted by molar-refractivity contribution is 6.33. The van der Waals surface area contributed by atoms with Crippen LogP contribution in [0.2, 0.25) is 5.02 Å². The van der Waals surface area contributed by atoms with Gasteiger partial charge in [-0.25, -0.2) is 4.39 Å². The van der Waals surface area contributed by atoms with Gasteiger partial charge >= 0.3 is 0 Å². The normalized spacial score (nSPS) is 10.9. The Bertz CT molecular complexity index is 698. The van der Waals surface area contributed by atoms with Crippen LogP contribution in [0.15, 0.2) is 22.7 Å². The number of benzene rings is 1. The first-order valence-electron chi connectivity index (χ1n) is 8.32. The zero-order valence-electron chi connectivity index (χ0n) is 14.4. The fourth-order valence-corrected chi connectivity index (χ4v) is 2.60. The minimum absolute atomic E-state index is 0.0639. The molecule has 136 valence electrons. The lowest BCUT2D eigenvalue weighted by atomic mass is 10.0. The van der Waals surface area contributed by atoms with E-state index in [-0.39, 0.29) is 27.8 Å². The van der Waals surface area contributed by atoms with Gasteiger partial charge in [0, 0.05) is 19.8 Å². The number of halogens is 2. The van der Waals surface area contributed by atoms with Crippen LogP contribution in [0.3, 0.4) is 0 Å². The second-order valence-electron chi connectivity index (χ2n) is 5.63. The predicted molar refractivity (Wildman–Crippen MR) is 94.3 cm³/mol. The van der Waals surface area contributed by atoms with Gasteiger partial charge in [-0.15, -0.1) is 0 Å². The molecule has 0 fully saturated rings. The van der Waals surface area contributed by atoms with E-state index in [1.54, 1.807) is 13.0 Å². The van der Waals surface area contributed by atoms with E-state index in [0.29, 0.717) is 25.3 Å². The molecule has 1 amide bonds. The standard InChI is InChI=1S/C18H22ClFN2O3/c1-3-4-10-24-11-6-9-21-18(23)15-12(2)25-22-17(15)16-13(19)7-5-8-14(16)20/h5,7-8H,3-4,6,9-11H2,1-2H3,(H,21,23). The van der Waals surface area contributed by atoms with Crippen LogP contribution in [-0.4, -0.2) is 30.8 Å². The molecule has 0 aliphatic heterocycles. The van der Waals surface area contributed by atoms with Gasteiger partial charge in [-0.2, -0.15) is 0 Å². The number of ether oxygens (including phenoxy) is 1. The quantitative estimate of drug-likeness (QED) is 0.667. The van der Waals surface area contributed by atoms with Gasteiger partial charge in [-0.05, 0) is 31.9 Å². The van der Waals surface area contributed by atoms with E-state index in [1.807, 2.05) is 0 Å². The van der Waals surface area contributed by atoms with Gasteiger partial charge in [0.2, 0.25) is 0 Å². The maximum atomic E-state index is 14.1. The molecule has 5 nitrogen and oxygen atoms in total. The molecule has 7 heteroatoms. The highest BCUT2D eigenvalue weighted by Crippen LogP contribution is 2.33. The minimum Gasteiger partial charge on any atom is -0.381 e. The molecule has 0 bridgehead atoms. The second-order valence-corrected chi connectivity index (χ2v) is 6.04. The lowest BCUT2D eigenvalue weighted by Crippen LogP contribution is -2.26. The molecule has 0 saturated carbocycles. The Morgan fingerprint density at radius 3 is 2.84 bits per heavy atom. The van der Waals surface area contributed by atoms with Crippen LogP contribution in [0.5, 0.6) is 0 Å². The molecule has 0 radical (unpaired) electrons. The number of nitrogens with zero attached hydrogens (tertiary/aromatic N) is 1. The minimum atomic E-state index is -0.556. The average molecular weight is 369 g/mol. The van der Waals surface area contributed by atoms with Gasteiger partial charge in [-0.3, -0.25) is 4.79 Å². The van der Waals surface area contributed by atoms with E-state index in [2.05, 4.69) is 17.4 Å². The molecule has 1 heterocycles. The van der Waals surface area contributed by atoms with E-state index < -0.39 is 5.82 Å². The molecule has 2 aromatic rings. The molecule has 0 spiro atoms. The smallest absolute Gasteiger partial charge is 0.257 e. The zero-order valence-corrected chi connectivity index (χ0v) is 15.2. The first-order valence-corrected chi connectivity index (χ1v) is 8.70. The lowest BCUT2D eigenvalue weighted by molar-refractivity contribution is 0.0939. The first kappa shape index (κ1) is 19.4. The number of unbranched alkanes of at least 4 members (excludes halogenated alkanes) is 1. The summed E-state index contributed by atoms with van der Waals surface area (Å²) in [5.41, 5.74) is 0.366. The van der Waals surface area contributed by atoms with Crippen molar-refractivity contribution in [1.82, 2.24) is 10.5 Å². The highest BCUT2D eigenvalue weighted by Gasteiger charge is 2.25. The van der Waals surface area contributed by atoms with Crippen molar-refractivity contribution in [2.24, 2.45) is 0 Å². The summed E-state index contributed by atoms with van der Waals surface area (Å²) in [6.07, 6.45) is 2.81. The average Bonchev–Trinajstić information content (AvgIpc) is 2.95. The number of carbonyl (C=O) groups excluding carboxylic acids is 1. The van der Waals surface area contributed by atoms with Crippen molar-refractivity contribution in [3.63, 3.8) is 0 Å². The Morgan fingerprint density at radius 1 is 1.36 bits per heavy atom. The van der Waals surface area contributed by atoms with Crippen molar-refractivity contribution >= 4 is 17.5 Å². The molecule has 1 aromatic heterocycles. The first-order chi connectivity index (χ1) is 12.1. The van der Waals surface area contributed by atoms with Crippen molar-refractivity contribution in [3.05, 3.63) is 40.4 Å². The Kier molecular flexibility index (Phi) is 7.40. The number of carbonyl (C=O) groups is 1. The summed E-state index contributed by atoms with van der Waals surface area (Å²) in [7, 11) is 0. The van der Waals surface area contributed by atoms with Gasteiger partial charge < -0.3 is 14.6 Å². The Labute approximate surface area is 151 Å². The number of rotatable bonds is 9. The van der Waals surface area contributed by atoms with Gasteiger partial charge in [-0.1, -0.05) is 36.2 Å². The van der Waals surface area contributed by atoms with E-state index in [9.17, 15) is 9.18 Å². The lowest BCUT2D eigenvalue weighted by Gasteiger charge is -2.08. The third-order valence-corrected chi connectivity index (χ3v) is 4.00. The monoisotopic (exact) mass is 368 g/mol. The van der Waals surface area contributed by atoms with Crippen LogP contribution < -0.4 is 5.32 Å². The fourth-order valence-electron chi connectivity index (χ4n) is 2.35. The van der Waals surface area contributed by atoms with Crippen LogP contribution >= 0.6 is 11.6 Å². The van der Waals surface area contributed by atoms with Crippen molar-refractivity contribution in [2.75, 3.05) is 19.8 Å². The molecule has 25 heavy (non-hydrogen) atoms. The van der Waals surface area contributed by atoms with Gasteiger partial charge in [0.05, 0.1) is 10.6 Å². The van der Waals surface area contributed by atoms with Gasteiger partial charge in [0.25, 0.3) is 5.91 Å². The van der Waals surface area contributed by atoms with Crippen LogP contribution in [0.25, 0.3) is 11.3 Å². The van der Waals surface area contributed by atoms with Crippen LogP contribution in [-0.2, 0) is 4.74 Å². The summed E-state index contributed by atoms with van der Waals surface area (Å²) >= 11 is 6.07. The molecule has 0 aliphatic carbocycles. The van der Waals surface area contributed by atoms with Crippen molar-refractivity contribution in [3.8, 4) is 11.3 Å². The van der Waals surface area contributed by atoms with Crippen LogP contribution in [0.4, 0.5) is 4.39 Å². The van der Waals surface area contributed by atoms with Crippen LogP contribution in [0.1, 0.15) is 42.3 Å². The molecule has 1 aromatic carbocycles. The number of aryl methyl sites for hydroxylation is 1. The molecule has 0 saturated heterocycles. The summed E-state index contributed by atoms with van der Waals surface area (Å²) in [6.45, 7) is 5.46. The maximum Gasteiger partial charge on any atom is 0.257 e. The number of nitrogens with one attached hydrogen (secondary N) is 1. The summed E-state index contributed by atoms with van der Waals surface area (Å²) in [5.74, 6) is -0.619. The highest BCUT2D eigenvalue weighted by atomic mass is 35.5. The molecule has 0 atom stereocenters. The topological polar surface area (TPSA) is 64.4 Å². The van der Waals surface area contributed by atoms with E-state index in [4.69, 9.17) is 20.9 Å². The van der Waals surface area contributed by atoms with Crippen molar-refractivity contribution in [2.45, 2.75) is 33.1 Å². The van der Waals surface area contributed by atoms with Crippen molar-refractivity contribution < 1.29 is 18.4 Å². The molecular formula is C18H22ClFN2O3. The predicted octanol–water partition coefficient (Wildman–Crippen LogP) is 4.38. The Balaban J connectivity index is 2.03. The fraction of sp³-hybridized carbons (Fsp3) is 0.444. The molecule has 2 rings (SSSR count). The van der Waals surface area contributed by atoms with Gasteiger partial charge in [0.1, 0.15) is 22.8 Å². The summed E-state index contributed by atoms with van der Waals surface area (Å²) < 4.78 is 24.7. The summed E-state index contributed by atoms with van der Waals surface area (Å²) in [5, 5.41) is 6.78. The number of hydrogen-bond donors (Lipinski definition) is 1. The third kappa shape index (κ3) is 5.03. The zero-order chi connectivity index (χ0) is 18.2. The molecule has 0 aliphatic rings. The number of aromatic nitrogens is 1. The SMILES string of the molecule is CCCCOCCCNC(=O)c1c(-c2c(F)cccc2Cl)noc1C. The summed E-state index contributed by atoms with van der Waals surface area (Å²) in [6, 6.07) is 4.30. The third-order valence-electron chi connectivity index (χ3n) is 3.68. The Hall–Kier alpha value is -1.92. The van der Waals surface area contributed by atoms with Gasteiger partial charge in [0.15, 0.2) is 0 Å². The molecular weight excluding hydrogens is 347 g/mol. The molecule has 0 unspecified atom stereocenters. The maximum absolute atomic E-state index is 14.1. The van der Waals surface area contributed by atoms with E-state index in [0.717, 1.165) is 19.4 Å². The second kappa shape index (κ2) is 9.53. The number of amides is 1.